The number of nitrogen functional groups attached to an aromatic ring is 1. The van der Waals surface area contributed by atoms with Crippen molar-refractivity contribution >= 4 is 56.4 Å². The third-order valence-corrected chi connectivity index (χ3v) is 4.80. The Balaban J connectivity index is 1.92. The number of aromatic nitrogens is 1. The topological polar surface area (TPSA) is 94.3 Å². The Morgan fingerprint density at radius 1 is 1.33 bits per heavy atom. The minimum absolute atomic E-state index is 0.169. The van der Waals surface area contributed by atoms with Gasteiger partial charge in [0, 0.05) is 17.3 Å². The number of esters is 1. The van der Waals surface area contributed by atoms with Crippen LogP contribution in [0.15, 0.2) is 36.5 Å². The number of methoxy groups -OCH3 is 1. The van der Waals surface area contributed by atoms with Crippen molar-refractivity contribution in [3.8, 4) is 0 Å². The lowest BCUT2D eigenvalue weighted by Gasteiger charge is -2.08. The summed E-state index contributed by atoms with van der Waals surface area (Å²) in [5.41, 5.74) is 6.99. The fraction of sp³-hybridized carbons (Fsp3) is 0.0625. The van der Waals surface area contributed by atoms with E-state index in [9.17, 15) is 9.59 Å². The summed E-state index contributed by atoms with van der Waals surface area (Å²) in [6.07, 6.45) is 1.64. The van der Waals surface area contributed by atoms with Gasteiger partial charge in [-0.2, -0.15) is 0 Å². The first kappa shape index (κ1) is 16.2. The molecular formula is C16H12ClN3O3S. The fourth-order valence-electron chi connectivity index (χ4n) is 2.18. The number of pyridine rings is 1. The molecule has 0 aliphatic carbocycles. The highest BCUT2D eigenvalue weighted by atomic mass is 35.5. The highest BCUT2D eigenvalue weighted by molar-refractivity contribution is 7.21. The van der Waals surface area contributed by atoms with Crippen LogP contribution in [-0.4, -0.2) is 24.0 Å². The number of anilines is 2. The van der Waals surface area contributed by atoms with Gasteiger partial charge in [-0.15, -0.1) is 11.3 Å². The van der Waals surface area contributed by atoms with E-state index >= 15 is 0 Å². The molecule has 24 heavy (non-hydrogen) atoms. The second kappa shape index (κ2) is 6.46. The summed E-state index contributed by atoms with van der Waals surface area (Å²) in [6, 6.07) is 8.12. The number of thiophene rings is 1. The lowest BCUT2D eigenvalue weighted by molar-refractivity contribution is 0.0600. The van der Waals surface area contributed by atoms with Gasteiger partial charge in [-0.3, -0.25) is 4.79 Å². The Kier molecular flexibility index (Phi) is 4.37. The van der Waals surface area contributed by atoms with Crippen LogP contribution in [0.4, 0.5) is 11.4 Å². The normalized spacial score (nSPS) is 10.6. The van der Waals surface area contributed by atoms with Crippen molar-refractivity contribution in [3.05, 3.63) is 52.0 Å². The largest absolute Gasteiger partial charge is 0.465 e. The van der Waals surface area contributed by atoms with E-state index < -0.39 is 5.97 Å². The number of hydrogen-bond donors (Lipinski definition) is 2. The molecule has 3 aromatic rings. The predicted molar refractivity (Wildman–Crippen MR) is 94.8 cm³/mol. The summed E-state index contributed by atoms with van der Waals surface area (Å²) < 4.78 is 4.66. The molecule has 0 fully saturated rings. The highest BCUT2D eigenvalue weighted by Crippen LogP contribution is 2.32. The Labute approximate surface area is 146 Å². The zero-order chi connectivity index (χ0) is 17.3. The molecular weight excluding hydrogens is 350 g/mol. The fourth-order valence-corrected chi connectivity index (χ4v) is 3.33. The molecule has 122 valence electrons. The van der Waals surface area contributed by atoms with Crippen molar-refractivity contribution in [1.29, 1.82) is 0 Å². The lowest BCUT2D eigenvalue weighted by atomic mass is 10.2. The number of nitrogens with zero attached hydrogens (tertiary/aromatic N) is 1. The van der Waals surface area contributed by atoms with E-state index in [1.807, 2.05) is 6.07 Å². The second-order valence-corrected chi connectivity index (χ2v) is 6.25. The Morgan fingerprint density at radius 3 is 2.83 bits per heavy atom. The predicted octanol–water partition coefficient (Wildman–Crippen LogP) is 3.57. The smallest absolute Gasteiger partial charge is 0.339 e. The first-order chi connectivity index (χ1) is 11.5. The summed E-state index contributed by atoms with van der Waals surface area (Å²) in [4.78, 5) is 29.4. The van der Waals surface area contributed by atoms with Crippen molar-refractivity contribution in [2.45, 2.75) is 0 Å². The third kappa shape index (κ3) is 2.91. The van der Waals surface area contributed by atoms with Crippen LogP contribution in [0.25, 0.3) is 10.2 Å². The molecule has 3 rings (SSSR count). The van der Waals surface area contributed by atoms with Crippen molar-refractivity contribution in [2.75, 3.05) is 18.2 Å². The highest BCUT2D eigenvalue weighted by Gasteiger charge is 2.18. The number of benzene rings is 1. The number of rotatable bonds is 3. The molecule has 0 bridgehead atoms. The number of carbonyl (C=O) groups excluding carboxylic acids is 2. The summed E-state index contributed by atoms with van der Waals surface area (Å²) >= 11 is 7.17. The molecule has 0 saturated carbocycles. The number of fused-ring (bicyclic) bond motifs is 1. The minimum atomic E-state index is -0.582. The van der Waals surface area contributed by atoms with Crippen molar-refractivity contribution in [3.63, 3.8) is 0 Å². The Morgan fingerprint density at radius 2 is 2.12 bits per heavy atom. The zero-order valence-electron chi connectivity index (χ0n) is 12.5. The lowest BCUT2D eigenvalue weighted by Crippen LogP contribution is -2.13. The molecule has 0 aliphatic heterocycles. The molecule has 8 heteroatoms. The van der Waals surface area contributed by atoms with Crippen LogP contribution < -0.4 is 11.1 Å². The molecule has 0 aliphatic rings. The van der Waals surface area contributed by atoms with Gasteiger partial charge in [0.25, 0.3) is 5.91 Å². The second-order valence-electron chi connectivity index (χ2n) is 4.84. The number of nitrogens with one attached hydrogen (secondary N) is 1. The number of halogens is 1. The Bertz CT molecular complexity index is 955. The van der Waals surface area contributed by atoms with E-state index in [4.69, 9.17) is 17.3 Å². The number of hydrogen-bond acceptors (Lipinski definition) is 6. The van der Waals surface area contributed by atoms with Crippen LogP contribution >= 0.6 is 22.9 Å². The molecule has 6 nitrogen and oxygen atoms in total. The van der Waals surface area contributed by atoms with Crippen LogP contribution in [0.3, 0.4) is 0 Å². The van der Waals surface area contributed by atoms with Crippen molar-refractivity contribution in [1.82, 2.24) is 4.98 Å². The van der Waals surface area contributed by atoms with Crippen LogP contribution in [0.5, 0.6) is 0 Å². The van der Waals surface area contributed by atoms with E-state index in [0.29, 0.717) is 21.1 Å². The Hall–Kier alpha value is -2.64. The SMILES string of the molecule is COC(=O)c1cc(NC(=O)c2sc3ncccc3c2N)ccc1Cl. The minimum Gasteiger partial charge on any atom is -0.465 e. The van der Waals surface area contributed by atoms with Crippen molar-refractivity contribution in [2.24, 2.45) is 0 Å². The number of ether oxygens (including phenoxy) is 1. The van der Waals surface area contributed by atoms with Gasteiger partial charge in [0.05, 0.1) is 23.4 Å². The van der Waals surface area contributed by atoms with Gasteiger partial charge in [-0.1, -0.05) is 11.6 Å². The van der Waals surface area contributed by atoms with Gasteiger partial charge < -0.3 is 15.8 Å². The quantitative estimate of drug-likeness (QED) is 0.695. The van der Waals surface area contributed by atoms with E-state index in [1.165, 1.54) is 30.6 Å². The van der Waals surface area contributed by atoms with Crippen LogP contribution in [0, 0.1) is 0 Å². The van der Waals surface area contributed by atoms with Gasteiger partial charge in [-0.25, -0.2) is 9.78 Å². The number of nitrogens with two attached hydrogens (primary N) is 1. The molecule has 0 radical (unpaired) electrons. The van der Waals surface area contributed by atoms with Gasteiger partial charge in [-0.05, 0) is 30.3 Å². The molecule has 0 saturated heterocycles. The molecule has 0 spiro atoms. The molecule has 2 heterocycles. The summed E-state index contributed by atoms with van der Waals surface area (Å²) in [5, 5.41) is 3.68. The van der Waals surface area contributed by atoms with Gasteiger partial charge in [0.15, 0.2) is 0 Å². The molecule has 2 aromatic heterocycles. The molecule has 1 amide bonds. The van der Waals surface area contributed by atoms with E-state index in [-0.39, 0.29) is 16.5 Å². The average Bonchev–Trinajstić information content (AvgIpc) is 2.93. The number of carbonyl (C=O) groups is 2. The molecule has 3 N–H and O–H groups in total. The van der Waals surface area contributed by atoms with Gasteiger partial charge in [0.2, 0.25) is 0 Å². The maximum Gasteiger partial charge on any atom is 0.339 e. The molecule has 0 atom stereocenters. The van der Waals surface area contributed by atoms with Gasteiger partial charge in [0.1, 0.15) is 9.71 Å². The first-order valence-electron chi connectivity index (χ1n) is 6.83. The average molecular weight is 362 g/mol. The third-order valence-electron chi connectivity index (χ3n) is 3.34. The van der Waals surface area contributed by atoms with Gasteiger partial charge >= 0.3 is 5.97 Å². The zero-order valence-corrected chi connectivity index (χ0v) is 14.1. The molecule has 0 unspecified atom stereocenters. The van der Waals surface area contributed by atoms with E-state index in [1.54, 1.807) is 18.3 Å². The first-order valence-corrected chi connectivity index (χ1v) is 8.03. The van der Waals surface area contributed by atoms with E-state index in [2.05, 4.69) is 15.0 Å². The standard InChI is InChI=1S/C16H12ClN3O3S/c1-23-16(22)10-7-8(4-5-11(10)17)20-14(21)13-12(18)9-3-2-6-19-15(9)24-13/h2-7H,18H2,1H3,(H,20,21). The molecule has 1 aromatic carbocycles. The summed E-state index contributed by atoms with van der Waals surface area (Å²) in [6.45, 7) is 0. The number of amides is 1. The maximum atomic E-state index is 12.5. The van der Waals surface area contributed by atoms with Crippen LogP contribution in [0.2, 0.25) is 5.02 Å². The summed E-state index contributed by atoms with van der Waals surface area (Å²) in [5.74, 6) is -0.963. The van der Waals surface area contributed by atoms with Crippen LogP contribution in [0.1, 0.15) is 20.0 Å². The maximum absolute atomic E-state index is 12.5. The van der Waals surface area contributed by atoms with E-state index in [0.717, 1.165) is 5.39 Å². The summed E-state index contributed by atoms with van der Waals surface area (Å²) in [7, 11) is 1.26. The van der Waals surface area contributed by atoms with Crippen molar-refractivity contribution < 1.29 is 14.3 Å². The monoisotopic (exact) mass is 361 g/mol. The van der Waals surface area contributed by atoms with Crippen LogP contribution in [-0.2, 0) is 4.74 Å².